The molecule has 1 atom stereocenters. The van der Waals surface area contributed by atoms with E-state index < -0.39 is 21.7 Å². The molecule has 0 saturated carbocycles. The highest BCUT2D eigenvalue weighted by atomic mass is 35.5. The van der Waals surface area contributed by atoms with E-state index in [-0.39, 0.29) is 28.8 Å². The number of thiol groups is 1. The van der Waals surface area contributed by atoms with E-state index in [1.165, 1.54) is 18.2 Å². The summed E-state index contributed by atoms with van der Waals surface area (Å²) in [7, 11) is -4.10. The van der Waals surface area contributed by atoms with Gasteiger partial charge in [-0.3, -0.25) is 9.59 Å². The van der Waals surface area contributed by atoms with Crippen LogP contribution in [0.25, 0.3) is 11.1 Å². The van der Waals surface area contributed by atoms with Crippen LogP contribution in [0.2, 0.25) is 5.02 Å². The van der Waals surface area contributed by atoms with E-state index in [9.17, 15) is 22.4 Å². The largest absolute Gasteiger partial charge is 0.355 e. The standard InChI is InChI=1S/C27H29ClFN3O4S2/c1-18(33)32-38(35,36)26-8-3-2-7-24(26)20-9-10-21(25(29)15-20)16-30-11-12-31-27(34)22(17-37)13-19-5-4-6-23(28)14-19/h2-10,14-15,22,30,37H,11-13,16-17H2,1H3,(H,31,34)(H,32,33)/t22-/m1/s1. The van der Waals surface area contributed by atoms with Gasteiger partial charge in [-0.15, -0.1) is 0 Å². The Morgan fingerprint density at radius 3 is 2.47 bits per heavy atom. The smallest absolute Gasteiger partial charge is 0.264 e. The average Bonchev–Trinajstić information content (AvgIpc) is 2.87. The second-order valence-corrected chi connectivity index (χ2v) is 11.1. The van der Waals surface area contributed by atoms with E-state index in [0.717, 1.165) is 12.5 Å². The third-order valence-electron chi connectivity index (χ3n) is 5.70. The van der Waals surface area contributed by atoms with Gasteiger partial charge in [-0.05, 0) is 41.8 Å². The van der Waals surface area contributed by atoms with Gasteiger partial charge in [-0.2, -0.15) is 12.6 Å². The Balaban J connectivity index is 1.55. The topological polar surface area (TPSA) is 104 Å². The first kappa shape index (κ1) is 29.6. The van der Waals surface area contributed by atoms with Gasteiger partial charge < -0.3 is 10.6 Å². The first-order valence-electron chi connectivity index (χ1n) is 11.9. The number of amides is 2. The molecule has 7 nitrogen and oxygen atoms in total. The van der Waals surface area contributed by atoms with E-state index >= 15 is 0 Å². The number of carbonyl (C=O) groups is 2. The molecule has 38 heavy (non-hydrogen) atoms. The van der Waals surface area contributed by atoms with Gasteiger partial charge in [0.25, 0.3) is 10.0 Å². The summed E-state index contributed by atoms with van der Waals surface area (Å²) < 4.78 is 41.8. The Morgan fingerprint density at radius 1 is 1.03 bits per heavy atom. The summed E-state index contributed by atoms with van der Waals surface area (Å²) in [5.74, 6) is -1.27. The van der Waals surface area contributed by atoms with Crippen molar-refractivity contribution >= 4 is 46.1 Å². The molecule has 3 rings (SSSR count). The molecule has 11 heteroatoms. The number of sulfonamides is 1. The molecule has 202 valence electrons. The zero-order valence-electron chi connectivity index (χ0n) is 20.7. The van der Waals surface area contributed by atoms with E-state index in [4.69, 9.17) is 11.6 Å². The first-order valence-corrected chi connectivity index (χ1v) is 14.3. The number of benzene rings is 3. The Kier molecular flexibility index (Phi) is 10.7. The lowest BCUT2D eigenvalue weighted by Crippen LogP contribution is -2.37. The minimum Gasteiger partial charge on any atom is -0.355 e. The van der Waals surface area contributed by atoms with Crippen LogP contribution in [-0.2, 0) is 32.6 Å². The highest BCUT2D eigenvalue weighted by molar-refractivity contribution is 7.90. The first-order chi connectivity index (χ1) is 18.1. The number of nitrogens with one attached hydrogen (secondary N) is 3. The highest BCUT2D eigenvalue weighted by Crippen LogP contribution is 2.28. The lowest BCUT2D eigenvalue weighted by molar-refractivity contribution is -0.124. The molecular weight excluding hydrogens is 549 g/mol. The minimum absolute atomic E-state index is 0.119. The molecule has 0 saturated heterocycles. The molecule has 0 heterocycles. The van der Waals surface area contributed by atoms with Gasteiger partial charge >= 0.3 is 0 Å². The van der Waals surface area contributed by atoms with Crippen molar-refractivity contribution in [3.8, 4) is 11.1 Å². The maximum absolute atomic E-state index is 14.9. The monoisotopic (exact) mass is 577 g/mol. The number of halogens is 2. The Bertz CT molecular complexity index is 1400. The predicted octanol–water partition coefficient (Wildman–Crippen LogP) is 3.97. The Labute approximate surface area is 232 Å². The van der Waals surface area contributed by atoms with Crippen molar-refractivity contribution in [3.63, 3.8) is 0 Å². The summed E-state index contributed by atoms with van der Waals surface area (Å²) in [6, 6.07) is 17.9. The van der Waals surface area contributed by atoms with Crippen LogP contribution in [0.4, 0.5) is 4.39 Å². The van der Waals surface area contributed by atoms with E-state index in [1.807, 2.05) is 22.9 Å². The maximum Gasteiger partial charge on any atom is 0.264 e. The summed E-state index contributed by atoms with van der Waals surface area (Å²) in [6.45, 7) is 2.09. The average molecular weight is 578 g/mol. The second kappa shape index (κ2) is 13.7. The van der Waals surface area contributed by atoms with Gasteiger partial charge in [-0.1, -0.05) is 54.1 Å². The van der Waals surface area contributed by atoms with Gasteiger partial charge in [0.05, 0.1) is 10.8 Å². The van der Waals surface area contributed by atoms with Gasteiger partial charge in [0.15, 0.2) is 0 Å². The fraction of sp³-hybridized carbons (Fsp3) is 0.259. The molecule has 0 aliphatic carbocycles. The van der Waals surface area contributed by atoms with Crippen LogP contribution in [0.1, 0.15) is 18.1 Å². The van der Waals surface area contributed by atoms with Crippen molar-refractivity contribution in [1.82, 2.24) is 15.4 Å². The summed E-state index contributed by atoms with van der Waals surface area (Å²) in [5, 5.41) is 6.58. The minimum atomic E-state index is -4.10. The molecule has 0 fully saturated rings. The lowest BCUT2D eigenvalue weighted by atomic mass is 10.0. The van der Waals surface area contributed by atoms with E-state index in [1.54, 1.807) is 30.3 Å². The fourth-order valence-corrected chi connectivity index (χ4v) is 5.60. The summed E-state index contributed by atoms with van der Waals surface area (Å²) in [6.07, 6.45) is 0.524. The summed E-state index contributed by atoms with van der Waals surface area (Å²) >= 11 is 10.3. The Hall–Kier alpha value is -2.92. The zero-order valence-corrected chi connectivity index (χ0v) is 23.2. The van der Waals surface area contributed by atoms with Crippen LogP contribution >= 0.6 is 24.2 Å². The molecule has 3 N–H and O–H groups in total. The van der Waals surface area contributed by atoms with E-state index in [0.29, 0.717) is 41.4 Å². The molecule has 0 spiro atoms. The van der Waals surface area contributed by atoms with Crippen LogP contribution in [0.3, 0.4) is 0 Å². The molecule has 0 aliphatic rings. The van der Waals surface area contributed by atoms with E-state index in [2.05, 4.69) is 23.3 Å². The molecule has 0 aromatic heterocycles. The zero-order chi connectivity index (χ0) is 27.7. The van der Waals surface area contributed by atoms with Gasteiger partial charge in [-0.25, -0.2) is 17.5 Å². The van der Waals surface area contributed by atoms with Crippen LogP contribution in [0.15, 0.2) is 71.6 Å². The van der Waals surface area contributed by atoms with Crippen LogP contribution in [-0.4, -0.2) is 39.1 Å². The summed E-state index contributed by atoms with van der Waals surface area (Å²) in [5.41, 5.74) is 1.98. The Morgan fingerprint density at radius 2 is 1.79 bits per heavy atom. The van der Waals surface area contributed by atoms with Crippen molar-refractivity contribution in [2.45, 2.75) is 24.8 Å². The van der Waals surface area contributed by atoms with Crippen molar-refractivity contribution in [1.29, 1.82) is 0 Å². The number of rotatable bonds is 12. The molecule has 3 aromatic carbocycles. The fourth-order valence-electron chi connectivity index (χ4n) is 3.87. The third-order valence-corrected chi connectivity index (χ3v) is 7.86. The second-order valence-electron chi connectivity index (χ2n) is 8.65. The molecule has 0 aliphatic heterocycles. The van der Waals surface area contributed by atoms with Gasteiger partial charge in [0.2, 0.25) is 11.8 Å². The molecular formula is C27H29ClFN3O4S2. The molecule has 2 amide bonds. The van der Waals surface area contributed by atoms with Gasteiger partial charge in [0.1, 0.15) is 5.82 Å². The molecule has 3 aromatic rings. The quantitative estimate of drug-likeness (QED) is 0.193. The maximum atomic E-state index is 14.9. The third kappa shape index (κ3) is 8.29. The van der Waals surface area contributed by atoms with Crippen molar-refractivity contribution in [2.24, 2.45) is 5.92 Å². The normalized spacial score (nSPS) is 12.1. The highest BCUT2D eigenvalue weighted by Gasteiger charge is 2.21. The summed E-state index contributed by atoms with van der Waals surface area (Å²) in [4.78, 5) is 23.7. The molecule has 0 radical (unpaired) electrons. The van der Waals surface area contributed by atoms with Crippen molar-refractivity contribution in [2.75, 3.05) is 18.8 Å². The number of hydrogen-bond acceptors (Lipinski definition) is 6. The predicted molar refractivity (Wildman–Crippen MR) is 150 cm³/mol. The number of carbonyl (C=O) groups excluding carboxylic acids is 2. The van der Waals surface area contributed by atoms with Crippen molar-refractivity contribution in [3.05, 3.63) is 88.7 Å². The van der Waals surface area contributed by atoms with Crippen LogP contribution < -0.4 is 15.4 Å². The van der Waals surface area contributed by atoms with Gasteiger partial charge in [0, 0.05) is 48.5 Å². The molecule has 0 unspecified atom stereocenters. The van der Waals surface area contributed by atoms with Crippen LogP contribution in [0.5, 0.6) is 0 Å². The molecule has 0 bridgehead atoms. The lowest BCUT2D eigenvalue weighted by Gasteiger charge is -2.15. The van der Waals surface area contributed by atoms with Crippen LogP contribution in [0, 0.1) is 11.7 Å². The number of hydrogen-bond donors (Lipinski definition) is 4. The van der Waals surface area contributed by atoms with Crippen molar-refractivity contribution < 1.29 is 22.4 Å². The SMILES string of the molecule is CC(=O)NS(=O)(=O)c1ccccc1-c1ccc(CNCCNC(=O)[C@@H](CS)Cc2cccc(Cl)c2)c(F)c1.